The average molecular weight is 582 g/mol. The van der Waals surface area contributed by atoms with Crippen molar-refractivity contribution in [1.82, 2.24) is 34.1 Å². The zero-order chi connectivity index (χ0) is 29.8. The van der Waals surface area contributed by atoms with Crippen molar-refractivity contribution in [1.29, 1.82) is 5.26 Å². The van der Waals surface area contributed by atoms with Crippen LogP contribution < -0.4 is 5.32 Å². The fourth-order valence-corrected chi connectivity index (χ4v) is 5.93. The molecule has 1 N–H and O–H groups in total. The van der Waals surface area contributed by atoms with Gasteiger partial charge in [0.05, 0.1) is 12.3 Å². The summed E-state index contributed by atoms with van der Waals surface area (Å²) < 4.78 is 18.1. The summed E-state index contributed by atoms with van der Waals surface area (Å²) in [7, 11) is 2.16. The van der Waals surface area contributed by atoms with Crippen molar-refractivity contribution in [2.24, 2.45) is 0 Å². The number of nitriles is 1. The third-order valence-electron chi connectivity index (χ3n) is 8.29. The Hall–Kier alpha value is -4.40. The number of anilines is 1. The van der Waals surface area contributed by atoms with Gasteiger partial charge >= 0.3 is 0 Å². The van der Waals surface area contributed by atoms with Crippen LogP contribution in [0.3, 0.4) is 0 Å². The number of nitrogens with zero attached hydrogens (tertiary/aromatic N) is 8. The van der Waals surface area contributed by atoms with Crippen LogP contribution in [0.4, 0.5) is 10.2 Å². The molecule has 0 aliphatic carbocycles. The van der Waals surface area contributed by atoms with Crippen molar-refractivity contribution in [3.63, 3.8) is 0 Å². The molecule has 2 aliphatic rings. The Morgan fingerprint density at radius 1 is 1.07 bits per heavy atom. The number of fused-ring (bicyclic) bond motifs is 1. The normalized spacial score (nSPS) is 18.3. The Balaban J connectivity index is 1.31. The second-order valence-electron chi connectivity index (χ2n) is 11.4. The third kappa shape index (κ3) is 6.50. The van der Waals surface area contributed by atoms with Gasteiger partial charge < -0.3 is 15.1 Å². The molecule has 1 atom stereocenters. The van der Waals surface area contributed by atoms with E-state index in [1.807, 2.05) is 59.1 Å². The lowest BCUT2D eigenvalue weighted by atomic mass is 10.0. The van der Waals surface area contributed by atoms with Gasteiger partial charge in [-0.05, 0) is 57.1 Å². The number of nitrogens with one attached hydrogen (secondary N) is 1. The van der Waals surface area contributed by atoms with E-state index in [9.17, 15) is 4.79 Å². The number of halogens is 1. The standard InChI is InChI=1S/C32H36FN9O/c1-39-14-5-15-40(19-18-39)21-23-8-10-24(11-9-23)30-29(33)32(36-25-6-4-16-41(22-25)28(43)12-13-34)38-31(37-30)26-20-35-27-7-2-3-17-42(26)27/h2-3,7-11,17,20,25H,4-6,12,14-16,18-19,21-22H2,1H3,(H,36,37,38). The third-order valence-corrected chi connectivity index (χ3v) is 8.29. The lowest BCUT2D eigenvalue weighted by Crippen LogP contribution is -2.45. The number of hydrogen-bond acceptors (Lipinski definition) is 8. The van der Waals surface area contributed by atoms with Gasteiger partial charge in [0, 0.05) is 50.5 Å². The fourth-order valence-electron chi connectivity index (χ4n) is 5.93. The van der Waals surface area contributed by atoms with E-state index in [0.717, 1.165) is 57.6 Å². The highest BCUT2D eigenvalue weighted by Crippen LogP contribution is 2.30. The molecule has 222 valence electrons. The van der Waals surface area contributed by atoms with Gasteiger partial charge in [0.1, 0.15) is 23.5 Å². The van der Waals surface area contributed by atoms with Gasteiger partial charge in [-0.1, -0.05) is 30.3 Å². The first-order valence-electron chi connectivity index (χ1n) is 14.9. The lowest BCUT2D eigenvalue weighted by molar-refractivity contribution is -0.131. The SMILES string of the molecule is CN1CCCN(Cc2ccc(-c3nc(-c4cnc5ccccn45)nc(NC4CCCN(C(=O)CC#N)C4)c3F)cc2)CC1. The monoisotopic (exact) mass is 581 g/mol. The first kappa shape index (κ1) is 28.7. The molecular weight excluding hydrogens is 545 g/mol. The highest BCUT2D eigenvalue weighted by Gasteiger charge is 2.26. The zero-order valence-electron chi connectivity index (χ0n) is 24.4. The Bertz CT molecular complexity index is 1630. The molecule has 2 fully saturated rings. The highest BCUT2D eigenvalue weighted by atomic mass is 19.1. The van der Waals surface area contributed by atoms with Gasteiger partial charge in [-0.15, -0.1) is 0 Å². The Morgan fingerprint density at radius 3 is 2.77 bits per heavy atom. The highest BCUT2D eigenvalue weighted by molar-refractivity contribution is 5.78. The second-order valence-corrected chi connectivity index (χ2v) is 11.4. The fraction of sp³-hybridized carbons (Fsp3) is 0.406. The number of imidazole rings is 1. The molecule has 1 aromatic carbocycles. The molecule has 5 heterocycles. The van der Waals surface area contributed by atoms with Crippen molar-refractivity contribution >= 4 is 17.4 Å². The minimum absolute atomic E-state index is 0.0863. The van der Waals surface area contributed by atoms with Crippen LogP contribution in [0.5, 0.6) is 0 Å². The van der Waals surface area contributed by atoms with E-state index in [1.54, 1.807) is 11.1 Å². The van der Waals surface area contributed by atoms with Crippen molar-refractivity contribution in [3.8, 4) is 28.8 Å². The Kier molecular flexibility index (Phi) is 8.58. The quantitative estimate of drug-likeness (QED) is 0.349. The number of aromatic nitrogens is 4. The average Bonchev–Trinajstić information content (AvgIpc) is 3.35. The molecule has 4 aromatic rings. The smallest absolute Gasteiger partial charge is 0.236 e. The van der Waals surface area contributed by atoms with E-state index >= 15 is 4.39 Å². The van der Waals surface area contributed by atoms with Crippen LogP contribution in [0.2, 0.25) is 0 Å². The minimum Gasteiger partial charge on any atom is -0.363 e. The number of hydrogen-bond donors (Lipinski definition) is 1. The van der Waals surface area contributed by atoms with Crippen LogP contribution in [-0.4, -0.2) is 92.3 Å². The molecule has 3 aromatic heterocycles. The molecular formula is C32H36FN9O. The number of amides is 1. The molecule has 0 radical (unpaired) electrons. The molecule has 1 amide bonds. The van der Waals surface area contributed by atoms with Crippen molar-refractivity contribution in [3.05, 3.63) is 66.2 Å². The number of pyridine rings is 1. The summed E-state index contributed by atoms with van der Waals surface area (Å²) in [5.41, 5.74) is 3.43. The molecule has 1 unspecified atom stereocenters. The number of piperidine rings is 1. The van der Waals surface area contributed by atoms with Crippen molar-refractivity contribution < 1.29 is 9.18 Å². The first-order chi connectivity index (χ1) is 21.0. The summed E-state index contributed by atoms with van der Waals surface area (Å²) in [6, 6.07) is 15.4. The van der Waals surface area contributed by atoms with E-state index < -0.39 is 5.82 Å². The number of carbonyl (C=O) groups is 1. The second kappa shape index (κ2) is 12.9. The topological polar surface area (TPSA) is 106 Å². The predicted octanol–water partition coefficient (Wildman–Crippen LogP) is 4.05. The molecule has 2 saturated heterocycles. The van der Waals surface area contributed by atoms with Crippen molar-refractivity contribution in [2.45, 2.75) is 38.3 Å². The molecule has 11 heteroatoms. The summed E-state index contributed by atoms with van der Waals surface area (Å²) >= 11 is 0. The van der Waals surface area contributed by atoms with Crippen LogP contribution in [0.15, 0.2) is 54.9 Å². The van der Waals surface area contributed by atoms with E-state index in [-0.39, 0.29) is 29.9 Å². The Labute approximate surface area is 250 Å². The minimum atomic E-state index is -0.540. The molecule has 10 nitrogen and oxygen atoms in total. The number of likely N-dealkylation sites (tertiary alicyclic amines) is 1. The van der Waals surface area contributed by atoms with Gasteiger partial charge in [0.15, 0.2) is 17.5 Å². The van der Waals surface area contributed by atoms with E-state index in [0.29, 0.717) is 30.2 Å². The maximum atomic E-state index is 16.2. The molecule has 2 aliphatic heterocycles. The molecule has 6 rings (SSSR count). The van der Waals surface area contributed by atoms with Crippen LogP contribution in [0.25, 0.3) is 28.4 Å². The maximum absolute atomic E-state index is 16.2. The predicted molar refractivity (Wildman–Crippen MR) is 162 cm³/mol. The van der Waals surface area contributed by atoms with Crippen LogP contribution in [-0.2, 0) is 11.3 Å². The number of carbonyl (C=O) groups excluding carboxylic acids is 1. The summed E-state index contributed by atoms with van der Waals surface area (Å²) in [6.07, 6.45) is 6.06. The number of rotatable bonds is 7. The van der Waals surface area contributed by atoms with Crippen LogP contribution in [0.1, 0.15) is 31.2 Å². The van der Waals surface area contributed by atoms with Gasteiger partial charge in [-0.25, -0.2) is 19.3 Å². The van der Waals surface area contributed by atoms with Gasteiger partial charge in [0.25, 0.3) is 0 Å². The summed E-state index contributed by atoms with van der Waals surface area (Å²) in [4.78, 5) is 32.7. The van der Waals surface area contributed by atoms with E-state index in [1.165, 1.54) is 5.56 Å². The van der Waals surface area contributed by atoms with Crippen molar-refractivity contribution in [2.75, 3.05) is 51.6 Å². The molecule has 0 spiro atoms. The zero-order valence-corrected chi connectivity index (χ0v) is 24.4. The van der Waals surface area contributed by atoms with Crippen LogP contribution in [0, 0.1) is 17.1 Å². The van der Waals surface area contributed by atoms with E-state index in [2.05, 4.69) is 32.1 Å². The molecule has 0 saturated carbocycles. The van der Waals surface area contributed by atoms with Gasteiger partial charge in [-0.2, -0.15) is 5.26 Å². The first-order valence-corrected chi connectivity index (χ1v) is 14.9. The lowest BCUT2D eigenvalue weighted by Gasteiger charge is -2.33. The number of benzene rings is 1. The van der Waals surface area contributed by atoms with E-state index in [4.69, 9.17) is 10.2 Å². The van der Waals surface area contributed by atoms with Gasteiger partial charge in [-0.3, -0.25) is 14.1 Å². The maximum Gasteiger partial charge on any atom is 0.236 e. The summed E-state index contributed by atoms with van der Waals surface area (Å²) in [6.45, 7) is 6.07. The summed E-state index contributed by atoms with van der Waals surface area (Å²) in [5, 5.41) is 12.2. The largest absolute Gasteiger partial charge is 0.363 e. The summed E-state index contributed by atoms with van der Waals surface area (Å²) in [5.74, 6) is -0.315. The number of likely N-dealkylation sites (N-methyl/N-ethyl adjacent to an activating group) is 1. The Morgan fingerprint density at radius 2 is 1.93 bits per heavy atom. The molecule has 43 heavy (non-hydrogen) atoms. The molecule has 0 bridgehead atoms. The van der Waals surface area contributed by atoms with Gasteiger partial charge in [0.2, 0.25) is 5.91 Å². The van der Waals surface area contributed by atoms with Crippen LogP contribution >= 0.6 is 0 Å².